The van der Waals surface area contributed by atoms with E-state index in [9.17, 15) is 8.42 Å². The molecule has 0 aliphatic heterocycles. The number of anilines is 1. The van der Waals surface area contributed by atoms with Crippen molar-refractivity contribution in [3.63, 3.8) is 0 Å². The summed E-state index contributed by atoms with van der Waals surface area (Å²) in [6, 6.07) is 10.9. The molecule has 3 rings (SSSR count). The van der Waals surface area contributed by atoms with Gasteiger partial charge in [0.25, 0.3) is 10.0 Å². The largest absolute Gasteiger partial charge is 0.279 e. The summed E-state index contributed by atoms with van der Waals surface area (Å²) in [4.78, 5) is 0. The number of hydrogen-bond acceptors (Lipinski definition) is 4. The highest BCUT2D eigenvalue weighted by molar-refractivity contribution is 7.94. The molecule has 5 nitrogen and oxygen atoms in total. The molecule has 1 aromatic carbocycles. The monoisotopic (exact) mass is 361 g/mol. The maximum absolute atomic E-state index is 12.6. The van der Waals surface area contributed by atoms with Gasteiger partial charge in [-0.25, -0.2) is 8.42 Å². The van der Waals surface area contributed by atoms with Crippen LogP contribution in [0.1, 0.15) is 18.9 Å². The Morgan fingerprint density at radius 1 is 1.21 bits per heavy atom. The average Bonchev–Trinajstić information content (AvgIpc) is 3.18. The van der Waals surface area contributed by atoms with E-state index in [1.54, 1.807) is 24.4 Å². The Morgan fingerprint density at radius 2 is 1.96 bits per heavy atom. The predicted octanol–water partition coefficient (Wildman–Crippen LogP) is 4.13. The van der Waals surface area contributed by atoms with Gasteiger partial charge < -0.3 is 0 Å². The van der Waals surface area contributed by atoms with E-state index >= 15 is 0 Å². The standard InChI is InChI=1S/C17H19N3O2S2/c1-3-10-20-16(8-9-18-20)14-11-17(23-12-14)24(21,22)19-15-6-4-13(2)5-7-15/h4-9,11-12,19H,3,10H2,1-2H3. The number of aryl methyl sites for hydroxylation is 2. The van der Waals surface area contributed by atoms with Crippen LogP contribution in [-0.4, -0.2) is 18.2 Å². The first kappa shape index (κ1) is 16.7. The Morgan fingerprint density at radius 3 is 2.67 bits per heavy atom. The summed E-state index contributed by atoms with van der Waals surface area (Å²) in [5.74, 6) is 0. The third-order valence-corrected chi connectivity index (χ3v) is 6.41. The van der Waals surface area contributed by atoms with Gasteiger partial charge in [-0.1, -0.05) is 24.6 Å². The van der Waals surface area contributed by atoms with Crippen LogP contribution in [0.25, 0.3) is 11.3 Å². The zero-order valence-corrected chi connectivity index (χ0v) is 15.2. The summed E-state index contributed by atoms with van der Waals surface area (Å²) >= 11 is 1.21. The number of nitrogens with zero attached hydrogens (tertiary/aromatic N) is 2. The Labute approximate surface area is 146 Å². The van der Waals surface area contributed by atoms with Crippen molar-refractivity contribution in [2.75, 3.05) is 4.72 Å². The third-order valence-electron chi connectivity index (χ3n) is 3.59. The van der Waals surface area contributed by atoms with E-state index in [0.717, 1.165) is 29.8 Å². The maximum atomic E-state index is 12.6. The van der Waals surface area contributed by atoms with Crippen LogP contribution in [-0.2, 0) is 16.6 Å². The molecule has 126 valence electrons. The Hall–Kier alpha value is -2.12. The fraction of sp³-hybridized carbons (Fsp3) is 0.235. The van der Waals surface area contributed by atoms with Crippen LogP contribution in [0.3, 0.4) is 0 Å². The zero-order chi connectivity index (χ0) is 17.2. The average molecular weight is 361 g/mol. The number of benzene rings is 1. The summed E-state index contributed by atoms with van der Waals surface area (Å²) < 4.78 is 29.9. The number of nitrogens with one attached hydrogen (secondary N) is 1. The molecule has 0 saturated carbocycles. The molecule has 0 aliphatic carbocycles. The van der Waals surface area contributed by atoms with Gasteiger partial charge in [0.1, 0.15) is 4.21 Å². The smallest absolute Gasteiger partial charge is 0.271 e. The molecule has 24 heavy (non-hydrogen) atoms. The number of rotatable bonds is 6. The SMILES string of the molecule is CCCn1nccc1-c1csc(S(=O)(=O)Nc2ccc(C)cc2)c1. The summed E-state index contributed by atoms with van der Waals surface area (Å²) in [6.07, 6.45) is 2.71. The zero-order valence-electron chi connectivity index (χ0n) is 13.6. The van der Waals surface area contributed by atoms with Crippen molar-refractivity contribution in [1.29, 1.82) is 0 Å². The molecule has 0 saturated heterocycles. The van der Waals surface area contributed by atoms with Gasteiger partial charge in [-0.2, -0.15) is 5.10 Å². The van der Waals surface area contributed by atoms with Gasteiger partial charge in [0, 0.05) is 29.4 Å². The molecule has 0 fully saturated rings. The lowest BCUT2D eigenvalue weighted by atomic mass is 10.2. The molecule has 0 atom stereocenters. The van der Waals surface area contributed by atoms with Gasteiger partial charge in [-0.3, -0.25) is 9.40 Å². The topological polar surface area (TPSA) is 64.0 Å². The van der Waals surface area contributed by atoms with Crippen molar-refractivity contribution in [3.05, 3.63) is 53.5 Å². The molecular weight excluding hydrogens is 342 g/mol. The molecule has 0 amide bonds. The first-order valence-corrected chi connectivity index (χ1v) is 10.1. The van der Waals surface area contributed by atoms with Crippen molar-refractivity contribution < 1.29 is 8.42 Å². The van der Waals surface area contributed by atoms with E-state index < -0.39 is 10.0 Å². The van der Waals surface area contributed by atoms with Crippen molar-refractivity contribution in [3.8, 4) is 11.3 Å². The summed E-state index contributed by atoms with van der Waals surface area (Å²) in [7, 11) is -3.58. The molecule has 0 unspecified atom stereocenters. The number of thiophene rings is 1. The lowest BCUT2D eigenvalue weighted by Gasteiger charge is -2.06. The van der Waals surface area contributed by atoms with Crippen LogP contribution in [0, 0.1) is 6.92 Å². The van der Waals surface area contributed by atoms with E-state index in [4.69, 9.17) is 0 Å². The van der Waals surface area contributed by atoms with Crippen LogP contribution in [0.4, 0.5) is 5.69 Å². The Balaban J connectivity index is 1.86. The molecule has 7 heteroatoms. The molecule has 0 aliphatic rings. The van der Waals surface area contributed by atoms with Crippen LogP contribution >= 0.6 is 11.3 Å². The molecule has 2 heterocycles. The van der Waals surface area contributed by atoms with Crippen LogP contribution < -0.4 is 4.72 Å². The van der Waals surface area contributed by atoms with Crippen molar-refractivity contribution in [1.82, 2.24) is 9.78 Å². The second kappa shape index (κ2) is 6.78. The molecule has 1 N–H and O–H groups in total. The minimum atomic E-state index is -3.58. The van der Waals surface area contributed by atoms with E-state index in [1.807, 2.05) is 35.2 Å². The molecule has 0 radical (unpaired) electrons. The Kier molecular flexibility index (Phi) is 4.73. The van der Waals surface area contributed by atoms with Crippen molar-refractivity contribution >= 4 is 27.0 Å². The highest BCUT2D eigenvalue weighted by Crippen LogP contribution is 2.29. The van der Waals surface area contributed by atoms with Crippen LogP contribution in [0.5, 0.6) is 0 Å². The minimum Gasteiger partial charge on any atom is -0.279 e. The maximum Gasteiger partial charge on any atom is 0.271 e. The van der Waals surface area contributed by atoms with Crippen LogP contribution in [0.15, 0.2) is 52.2 Å². The van der Waals surface area contributed by atoms with E-state index in [0.29, 0.717) is 9.90 Å². The molecule has 2 aromatic heterocycles. The second-order valence-electron chi connectivity index (χ2n) is 5.57. The van der Waals surface area contributed by atoms with Crippen LogP contribution in [0.2, 0.25) is 0 Å². The summed E-state index contributed by atoms with van der Waals surface area (Å²) in [5.41, 5.74) is 3.45. The summed E-state index contributed by atoms with van der Waals surface area (Å²) in [6.45, 7) is 4.85. The van der Waals surface area contributed by atoms with E-state index in [2.05, 4.69) is 16.7 Å². The lowest BCUT2D eigenvalue weighted by molar-refractivity contribution is 0.603. The first-order valence-electron chi connectivity index (χ1n) is 7.70. The van der Waals surface area contributed by atoms with Gasteiger partial charge >= 0.3 is 0 Å². The van der Waals surface area contributed by atoms with E-state index in [-0.39, 0.29) is 0 Å². The quantitative estimate of drug-likeness (QED) is 0.718. The number of hydrogen-bond donors (Lipinski definition) is 1. The van der Waals surface area contributed by atoms with Gasteiger partial charge in [-0.15, -0.1) is 11.3 Å². The van der Waals surface area contributed by atoms with Crippen molar-refractivity contribution in [2.24, 2.45) is 0 Å². The van der Waals surface area contributed by atoms with Gasteiger partial charge in [0.05, 0.1) is 5.69 Å². The van der Waals surface area contributed by atoms with Gasteiger partial charge in [0.2, 0.25) is 0 Å². The van der Waals surface area contributed by atoms with Crippen molar-refractivity contribution in [2.45, 2.75) is 31.0 Å². The molecule has 3 aromatic rings. The fourth-order valence-corrected chi connectivity index (χ4v) is 4.62. The van der Waals surface area contributed by atoms with E-state index in [1.165, 1.54) is 11.3 Å². The van der Waals surface area contributed by atoms with Gasteiger partial charge in [-0.05, 0) is 37.6 Å². The molecule has 0 spiro atoms. The normalized spacial score (nSPS) is 11.6. The lowest BCUT2D eigenvalue weighted by Crippen LogP contribution is -2.11. The summed E-state index contributed by atoms with van der Waals surface area (Å²) in [5, 5.41) is 6.14. The first-order chi connectivity index (χ1) is 11.5. The third kappa shape index (κ3) is 3.52. The number of aromatic nitrogens is 2. The number of sulfonamides is 1. The predicted molar refractivity (Wildman–Crippen MR) is 97.8 cm³/mol. The second-order valence-corrected chi connectivity index (χ2v) is 8.39. The molecule has 0 bridgehead atoms. The highest BCUT2D eigenvalue weighted by Gasteiger charge is 2.18. The fourth-order valence-electron chi connectivity index (χ4n) is 2.39. The molecular formula is C17H19N3O2S2. The highest BCUT2D eigenvalue weighted by atomic mass is 32.2. The van der Waals surface area contributed by atoms with Gasteiger partial charge in [0.15, 0.2) is 0 Å². The Bertz CT molecular complexity index is 925. The minimum absolute atomic E-state index is 0.294.